The van der Waals surface area contributed by atoms with E-state index in [1.165, 1.54) is 0 Å². The van der Waals surface area contributed by atoms with Crippen LogP contribution in [0.2, 0.25) is 0 Å². The summed E-state index contributed by atoms with van der Waals surface area (Å²) < 4.78 is 0. The van der Waals surface area contributed by atoms with E-state index in [4.69, 9.17) is 16.9 Å². The van der Waals surface area contributed by atoms with Gasteiger partial charge in [-0.05, 0) is 25.5 Å². The maximum absolute atomic E-state index is 11.9. The number of imide groups is 1. The number of urea groups is 1. The number of hydrogen-bond donors (Lipinski definition) is 3. The summed E-state index contributed by atoms with van der Waals surface area (Å²) in [7, 11) is 0. The first-order chi connectivity index (χ1) is 10.6. The Balaban J connectivity index is 2.63. The van der Waals surface area contributed by atoms with Gasteiger partial charge in [0.1, 0.15) is 11.6 Å². The zero-order valence-electron chi connectivity index (χ0n) is 12.1. The fourth-order valence-corrected chi connectivity index (χ4v) is 1.72. The van der Waals surface area contributed by atoms with Gasteiger partial charge in [-0.3, -0.25) is 10.1 Å². The topological polar surface area (TPSA) is 94.0 Å². The molecule has 0 bridgehead atoms. The molecule has 3 amide bonds. The molecular formula is C15H17ClN4O2. The summed E-state index contributed by atoms with van der Waals surface area (Å²) in [6, 6.07) is 9.77. The molecule has 0 aromatic heterocycles. The second kappa shape index (κ2) is 9.42. The van der Waals surface area contributed by atoms with Gasteiger partial charge in [-0.15, -0.1) is 11.6 Å². The number of anilines is 1. The first kappa shape index (κ1) is 17.5. The van der Waals surface area contributed by atoms with Crippen molar-refractivity contribution < 1.29 is 9.59 Å². The van der Waals surface area contributed by atoms with Gasteiger partial charge in [0.15, 0.2) is 0 Å². The molecule has 0 saturated carbocycles. The zero-order valence-corrected chi connectivity index (χ0v) is 12.9. The van der Waals surface area contributed by atoms with Crippen LogP contribution in [-0.4, -0.2) is 24.4 Å². The lowest BCUT2D eigenvalue weighted by atomic mass is 10.2. The van der Waals surface area contributed by atoms with Gasteiger partial charge in [0, 0.05) is 23.8 Å². The molecule has 0 saturated heterocycles. The second-order valence-corrected chi connectivity index (χ2v) is 4.73. The Morgan fingerprint density at radius 3 is 2.55 bits per heavy atom. The lowest BCUT2D eigenvalue weighted by molar-refractivity contribution is -0.116. The summed E-state index contributed by atoms with van der Waals surface area (Å²) in [6.07, 6.45) is 0.702. The van der Waals surface area contributed by atoms with Crippen LogP contribution in [0.15, 0.2) is 41.6 Å². The third kappa shape index (κ3) is 5.85. The van der Waals surface area contributed by atoms with Crippen LogP contribution in [0.3, 0.4) is 0 Å². The van der Waals surface area contributed by atoms with E-state index in [2.05, 4.69) is 16.0 Å². The standard InChI is InChI=1S/C15H17ClN4O2/c1-11(18-9-5-8-16)13(10-17)14(21)20-15(22)19-12-6-3-2-4-7-12/h2-4,6-7,18H,5,8-9H2,1H3,(H2,19,20,21,22). The fourth-order valence-electron chi connectivity index (χ4n) is 1.59. The SMILES string of the molecule is CC(NCCCCl)=C(C#N)C(=O)NC(=O)Nc1ccccc1. The molecule has 3 N–H and O–H groups in total. The number of halogens is 1. The first-order valence-corrected chi connectivity index (χ1v) is 7.20. The van der Waals surface area contributed by atoms with Crippen molar-refractivity contribution in [1.82, 2.24) is 10.6 Å². The molecule has 0 aliphatic heterocycles. The molecule has 0 radical (unpaired) electrons. The summed E-state index contributed by atoms with van der Waals surface area (Å²) in [5, 5.41) is 16.6. The Hall–Kier alpha value is -2.52. The number of nitrogens with one attached hydrogen (secondary N) is 3. The monoisotopic (exact) mass is 320 g/mol. The molecule has 116 valence electrons. The predicted molar refractivity (Wildman–Crippen MR) is 85.3 cm³/mol. The molecule has 1 aromatic carbocycles. The van der Waals surface area contributed by atoms with Gasteiger partial charge in [-0.1, -0.05) is 18.2 Å². The maximum atomic E-state index is 11.9. The minimum atomic E-state index is -0.758. The number of nitrogens with zero attached hydrogens (tertiary/aromatic N) is 1. The van der Waals surface area contributed by atoms with E-state index in [1.807, 2.05) is 0 Å². The smallest absolute Gasteiger partial charge is 0.326 e. The van der Waals surface area contributed by atoms with Gasteiger partial charge in [0.25, 0.3) is 5.91 Å². The van der Waals surface area contributed by atoms with Crippen LogP contribution in [0.1, 0.15) is 13.3 Å². The van der Waals surface area contributed by atoms with Crippen molar-refractivity contribution in [2.24, 2.45) is 0 Å². The number of nitriles is 1. The van der Waals surface area contributed by atoms with E-state index >= 15 is 0 Å². The Bertz CT molecular complexity index is 593. The van der Waals surface area contributed by atoms with Crippen molar-refractivity contribution >= 4 is 29.2 Å². The predicted octanol–water partition coefficient (Wildman–Crippen LogP) is 2.35. The summed E-state index contributed by atoms with van der Waals surface area (Å²) >= 11 is 5.55. The number of rotatable bonds is 6. The molecule has 1 rings (SSSR count). The Morgan fingerprint density at radius 1 is 1.27 bits per heavy atom. The van der Waals surface area contributed by atoms with Crippen molar-refractivity contribution in [2.75, 3.05) is 17.7 Å². The molecule has 7 heteroatoms. The molecule has 0 fully saturated rings. The number of amides is 3. The minimum Gasteiger partial charge on any atom is -0.387 e. The van der Waals surface area contributed by atoms with E-state index in [0.717, 1.165) is 0 Å². The molecule has 1 aromatic rings. The second-order valence-electron chi connectivity index (χ2n) is 4.36. The summed E-state index contributed by atoms with van der Waals surface area (Å²) in [5.74, 6) is -0.278. The van der Waals surface area contributed by atoms with Gasteiger partial charge in [-0.2, -0.15) is 5.26 Å². The fraction of sp³-hybridized carbons (Fsp3) is 0.267. The third-order valence-corrected chi connectivity index (χ3v) is 2.94. The number of para-hydroxylation sites is 1. The Kier molecular flexibility index (Phi) is 7.51. The highest BCUT2D eigenvalue weighted by atomic mass is 35.5. The van der Waals surface area contributed by atoms with E-state index in [-0.39, 0.29) is 5.57 Å². The number of allylic oxidation sites excluding steroid dienone is 1. The summed E-state index contributed by atoms with van der Waals surface area (Å²) in [4.78, 5) is 23.6. The van der Waals surface area contributed by atoms with E-state index in [1.54, 1.807) is 43.3 Å². The third-order valence-electron chi connectivity index (χ3n) is 2.67. The number of hydrogen-bond acceptors (Lipinski definition) is 4. The average Bonchev–Trinajstić information content (AvgIpc) is 2.49. The normalized spacial score (nSPS) is 11.0. The number of carbonyl (C=O) groups is 2. The maximum Gasteiger partial charge on any atom is 0.326 e. The highest BCUT2D eigenvalue weighted by Crippen LogP contribution is 2.05. The Morgan fingerprint density at radius 2 is 1.95 bits per heavy atom. The number of benzene rings is 1. The molecule has 6 nitrogen and oxygen atoms in total. The molecule has 0 heterocycles. The van der Waals surface area contributed by atoms with Gasteiger partial charge in [-0.25, -0.2) is 4.79 Å². The lowest BCUT2D eigenvalue weighted by Crippen LogP contribution is -2.36. The van der Waals surface area contributed by atoms with E-state index in [9.17, 15) is 9.59 Å². The molecule has 0 aliphatic rings. The molecule has 0 spiro atoms. The first-order valence-electron chi connectivity index (χ1n) is 6.66. The summed E-state index contributed by atoms with van der Waals surface area (Å²) in [6.45, 7) is 2.14. The van der Waals surface area contributed by atoms with Crippen LogP contribution < -0.4 is 16.0 Å². The molecule has 22 heavy (non-hydrogen) atoms. The summed E-state index contributed by atoms with van der Waals surface area (Å²) in [5.41, 5.74) is 0.808. The lowest BCUT2D eigenvalue weighted by Gasteiger charge is -2.09. The van der Waals surface area contributed by atoms with Crippen molar-refractivity contribution in [2.45, 2.75) is 13.3 Å². The van der Waals surface area contributed by atoms with Gasteiger partial charge >= 0.3 is 6.03 Å². The molecule has 0 unspecified atom stereocenters. The number of carbonyl (C=O) groups excluding carboxylic acids is 2. The molecule has 0 aliphatic carbocycles. The minimum absolute atomic E-state index is 0.141. The van der Waals surface area contributed by atoms with Crippen molar-refractivity contribution in [1.29, 1.82) is 5.26 Å². The highest BCUT2D eigenvalue weighted by Gasteiger charge is 2.15. The number of alkyl halides is 1. The van der Waals surface area contributed by atoms with Crippen molar-refractivity contribution in [3.63, 3.8) is 0 Å². The highest BCUT2D eigenvalue weighted by molar-refractivity contribution is 6.17. The van der Waals surface area contributed by atoms with Gasteiger partial charge in [0.05, 0.1) is 0 Å². The van der Waals surface area contributed by atoms with Crippen molar-refractivity contribution in [3.05, 3.63) is 41.6 Å². The van der Waals surface area contributed by atoms with Gasteiger partial charge in [0.2, 0.25) is 0 Å². The van der Waals surface area contributed by atoms with Crippen LogP contribution in [0, 0.1) is 11.3 Å². The van der Waals surface area contributed by atoms with Gasteiger partial charge < -0.3 is 10.6 Å². The van der Waals surface area contributed by atoms with Crippen molar-refractivity contribution in [3.8, 4) is 6.07 Å². The molecule has 0 atom stereocenters. The quantitative estimate of drug-likeness (QED) is 0.324. The largest absolute Gasteiger partial charge is 0.387 e. The van der Waals surface area contributed by atoms with Crippen LogP contribution in [0.5, 0.6) is 0 Å². The molecular weight excluding hydrogens is 304 g/mol. The Labute approximate surface area is 134 Å². The van der Waals surface area contributed by atoms with Crippen LogP contribution in [0.4, 0.5) is 10.5 Å². The van der Waals surface area contributed by atoms with Crippen LogP contribution in [0.25, 0.3) is 0 Å². The van der Waals surface area contributed by atoms with Crippen LogP contribution >= 0.6 is 11.6 Å². The van der Waals surface area contributed by atoms with E-state index in [0.29, 0.717) is 30.2 Å². The van der Waals surface area contributed by atoms with E-state index < -0.39 is 11.9 Å². The van der Waals surface area contributed by atoms with Crippen LogP contribution in [-0.2, 0) is 4.79 Å². The average molecular weight is 321 g/mol. The zero-order chi connectivity index (χ0) is 16.4.